The lowest BCUT2D eigenvalue weighted by Gasteiger charge is -2.26. The van der Waals surface area contributed by atoms with E-state index in [1.807, 2.05) is 24.3 Å². The maximum Gasteiger partial charge on any atom is 0.243 e. The molecule has 0 saturated carbocycles. The number of hydrogen-bond donors (Lipinski definition) is 2. The Labute approximate surface area is 188 Å². The van der Waals surface area contributed by atoms with E-state index >= 15 is 0 Å². The number of para-hydroxylation sites is 1. The monoisotopic (exact) mass is 457 g/mol. The summed E-state index contributed by atoms with van der Waals surface area (Å²) in [6.45, 7) is 1.81. The van der Waals surface area contributed by atoms with Crippen LogP contribution in [0.4, 0.5) is 5.69 Å². The smallest absolute Gasteiger partial charge is 0.243 e. The molecule has 8 nitrogen and oxygen atoms in total. The van der Waals surface area contributed by atoms with Crippen LogP contribution >= 0.6 is 0 Å². The van der Waals surface area contributed by atoms with E-state index in [0.717, 1.165) is 16.8 Å². The van der Waals surface area contributed by atoms with Gasteiger partial charge >= 0.3 is 0 Å². The molecule has 0 aliphatic carbocycles. The highest BCUT2D eigenvalue weighted by molar-refractivity contribution is 7.89. The van der Waals surface area contributed by atoms with Gasteiger partial charge in [0.15, 0.2) is 0 Å². The van der Waals surface area contributed by atoms with Crippen molar-refractivity contribution in [1.82, 2.24) is 9.62 Å². The van der Waals surface area contributed by atoms with E-state index in [0.29, 0.717) is 45.7 Å². The Morgan fingerprint density at radius 3 is 2.56 bits per heavy atom. The van der Waals surface area contributed by atoms with Gasteiger partial charge in [0.1, 0.15) is 0 Å². The van der Waals surface area contributed by atoms with Crippen molar-refractivity contribution in [3.63, 3.8) is 0 Å². The molecule has 0 radical (unpaired) electrons. The summed E-state index contributed by atoms with van der Waals surface area (Å²) in [6, 6.07) is 14.2. The molecule has 170 valence electrons. The first-order valence-corrected chi connectivity index (χ1v) is 12.2. The van der Waals surface area contributed by atoms with Crippen molar-refractivity contribution in [1.29, 1.82) is 0 Å². The zero-order chi connectivity index (χ0) is 22.6. The van der Waals surface area contributed by atoms with Crippen molar-refractivity contribution in [2.45, 2.75) is 30.7 Å². The van der Waals surface area contributed by atoms with Gasteiger partial charge in [-0.15, -0.1) is 0 Å². The molecule has 2 amide bonds. The number of fused-ring (bicyclic) bond motifs is 1. The largest absolute Gasteiger partial charge is 0.379 e. The molecule has 2 heterocycles. The molecule has 2 aliphatic heterocycles. The van der Waals surface area contributed by atoms with E-state index in [4.69, 9.17) is 4.74 Å². The summed E-state index contributed by atoms with van der Waals surface area (Å²) in [5, 5.41) is 5.75. The fraction of sp³-hybridized carbons (Fsp3) is 0.391. The van der Waals surface area contributed by atoms with Crippen LogP contribution in [0.15, 0.2) is 53.4 Å². The molecular formula is C23H27N3O5S. The topological polar surface area (TPSA) is 105 Å². The van der Waals surface area contributed by atoms with E-state index in [9.17, 15) is 18.0 Å². The van der Waals surface area contributed by atoms with Gasteiger partial charge in [0, 0.05) is 37.7 Å². The summed E-state index contributed by atoms with van der Waals surface area (Å²) in [6.07, 6.45) is 1.36. The molecule has 2 aliphatic rings. The Hall–Kier alpha value is -2.75. The third-order valence-corrected chi connectivity index (χ3v) is 7.77. The number of carbonyl (C=O) groups is 2. The summed E-state index contributed by atoms with van der Waals surface area (Å²) < 4.78 is 32.0. The Balaban J connectivity index is 1.26. The first-order valence-electron chi connectivity index (χ1n) is 10.8. The van der Waals surface area contributed by atoms with Crippen LogP contribution in [-0.4, -0.2) is 50.8 Å². The van der Waals surface area contributed by atoms with Crippen molar-refractivity contribution >= 4 is 27.5 Å². The molecule has 1 fully saturated rings. The number of sulfonamides is 1. The van der Waals surface area contributed by atoms with Gasteiger partial charge in [-0.1, -0.05) is 30.3 Å². The molecule has 2 aromatic rings. The number of nitrogens with one attached hydrogen (secondary N) is 2. The quantitative estimate of drug-likeness (QED) is 0.661. The van der Waals surface area contributed by atoms with Crippen LogP contribution in [0.2, 0.25) is 0 Å². The number of carbonyl (C=O) groups excluding carboxylic acids is 2. The van der Waals surface area contributed by atoms with Crippen molar-refractivity contribution in [3.05, 3.63) is 59.7 Å². The number of amides is 2. The van der Waals surface area contributed by atoms with Crippen molar-refractivity contribution in [3.8, 4) is 0 Å². The lowest BCUT2D eigenvalue weighted by atomic mass is 9.89. The second kappa shape index (κ2) is 9.81. The molecule has 4 rings (SSSR count). The zero-order valence-electron chi connectivity index (χ0n) is 17.7. The predicted molar refractivity (Wildman–Crippen MR) is 119 cm³/mol. The maximum atomic E-state index is 12.7. The van der Waals surface area contributed by atoms with Gasteiger partial charge in [0.05, 0.1) is 18.1 Å². The molecule has 1 atom stereocenters. The third-order valence-electron chi connectivity index (χ3n) is 5.85. The SMILES string of the molecule is O=C(CCC1Cc2ccccc2NC1=O)NCc1ccc(S(=O)(=O)N2CCOCC2)cc1. The Kier molecular flexibility index (Phi) is 6.88. The summed E-state index contributed by atoms with van der Waals surface area (Å²) in [5.41, 5.74) is 2.74. The highest BCUT2D eigenvalue weighted by atomic mass is 32.2. The minimum Gasteiger partial charge on any atom is -0.379 e. The molecule has 32 heavy (non-hydrogen) atoms. The van der Waals surface area contributed by atoms with Crippen LogP contribution in [0.25, 0.3) is 0 Å². The van der Waals surface area contributed by atoms with Crippen molar-refractivity contribution < 1.29 is 22.7 Å². The van der Waals surface area contributed by atoms with E-state index < -0.39 is 10.0 Å². The van der Waals surface area contributed by atoms with Gasteiger partial charge in [-0.05, 0) is 42.2 Å². The first-order chi connectivity index (χ1) is 15.4. The number of ether oxygens (including phenoxy) is 1. The van der Waals surface area contributed by atoms with Gasteiger partial charge in [0.25, 0.3) is 0 Å². The lowest BCUT2D eigenvalue weighted by molar-refractivity contribution is -0.122. The van der Waals surface area contributed by atoms with Crippen LogP contribution in [0, 0.1) is 5.92 Å². The second-order valence-corrected chi connectivity index (χ2v) is 9.96. The number of rotatable bonds is 7. The predicted octanol–water partition coefficient (Wildman–Crippen LogP) is 1.91. The minimum absolute atomic E-state index is 0.0476. The molecule has 0 spiro atoms. The fourth-order valence-electron chi connectivity index (χ4n) is 3.96. The maximum absolute atomic E-state index is 12.7. The fourth-order valence-corrected chi connectivity index (χ4v) is 5.36. The van der Waals surface area contributed by atoms with Gasteiger partial charge < -0.3 is 15.4 Å². The van der Waals surface area contributed by atoms with Crippen LogP contribution in [-0.2, 0) is 37.3 Å². The highest BCUT2D eigenvalue weighted by Crippen LogP contribution is 2.27. The molecule has 9 heteroatoms. The summed E-state index contributed by atoms with van der Waals surface area (Å²) in [5.74, 6) is -0.407. The average Bonchev–Trinajstić information content (AvgIpc) is 2.82. The number of nitrogens with zero attached hydrogens (tertiary/aromatic N) is 1. The molecule has 1 unspecified atom stereocenters. The van der Waals surface area contributed by atoms with E-state index in [1.165, 1.54) is 4.31 Å². The van der Waals surface area contributed by atoms with E-state index in [-0.39, 0.29) is 29.0 Å². The zero-order valence-corrected chi connectivity index (χ0v) is 18.6. The first kappa shape index (κ1) is 22.4. The summed E-state index contributed by atoms with van der Waals surface area (Å²) in [7, 11) is -3.53. The molecule has 2 aromatic carbocycles. The second-order valence-electron chi connectivity index (χ2n) is 8.02. The summed E-state index contributed by atoms with van der Waals surface area (Å²) in [4.78, 5) is 24.8. The summed E-state index contributed by atoms with van der Waals surface area (Å²) >= 11 is 0. The molecule has 2 N–H and O–H groups in total. The van der Waals surface area contributed by atoms with Crippen molar-refractivity contribution in [2.75, 3.05) is 31.6 Å². The van der Waals surface area contributed by atoms with Crippen LogP contribution in [0.5, 0.6) is 0 Å². The Bertz CT molecular complexity index is 1080. The Morgan fingerprint density at radius 1 is 1.09 bits per heavy atom. The highest BCUT2D eigenvalue weighted by Gasteiger charge is 2.27. The van der Waals surface area contributed by atoms with Gasteiger partial charge in [-0.25, -0.2) is 8.42 Å². The van der Waals surface area contributed by atoms with E-state index in [2.05, 4.69) is 10.6 Å². The number of morpholine rings is 1. The lowest BCUT2D eigenvalue weighted by Crippen LogP contribution is -2.40. The van der Waals surface area contributed by atoms with Crippen LogP contribution in [0.1, 0.15) is 24.0 Å². The standard InChI is InChI=1S/C23H27N3O5S/c27-22(10-7-19-15-18-3-1-2-4-21(18)25-23(19)28)24-16-17-5-8-20(9-6-17)32(29,30)26-11-13-31-14-12-26/h1-6,8-9,19H,7,10-16H2,(H,24,27)(H,25,28). The Morgan fingerprint density at radius 2 is 1.81 bits per heavy atom. The molecule has 0 aromatic heterocycles. The number of benzene rings is 2. The van der Waals surface area contributed by atoms with Crippen LogP contribution in [0.3, 0.4) is 0 Å². The minimum atomic E-state index is -3.53. The molecular weight excluding hydrogens is 430 g/mol. The molecule has 1 saturated heterocycles. The van der Waals surface area contributed by atoms with Gasteiger partial charge in [0.2, 0.25) is 21.8 Å². The van der Waals surface area contributed by atoms with Crippen molar-refractivity contribution in [2.24, 2.45) is 5.92 Å². The molecule has 0 bridgehead atoms. The number of anilines is 1. The van der Waals surface area contributed by atoms with Crippen LogP contribution < -0.4 is 10.6 Å². The number of hydrogen-bond acceptors (Lipinski definition) is 5. The van der Waals surface area contributed by atoms with Gasteiger partial charge in [-0.2, -0.15) is 4.31 Å². The normalized spacial score (nSPS) is 19.1. The van der Waals surface area contributed by atoms with E-state index in [1.54, 1.807) is 24.3 Å². The third kappa shape index (κ3) is 5.17. The average molecular weight is 458 g/mol. The van der Waals surface area contributed by atoms with Gasteiger partial charge in [-0.3, -0.25) is 9.59 Å².